The lowest BCUT2D eigenvalue weighted by atomic mass is 10.1. The van der Waals surface area contributed by atoms with Gasteiger partial charge in [-0.1, -0.05) is 18.2 Å². The van der Waals surface area contributed by atoms with Gasteiger partial charge >= 0.3 is 12.0 Å². The molecule has 0 spiro atoms. The molecule has 0 bridgehead atoms. The highest BCUT2D eigenvalue weighted by Crippen LogP contribution is 2.34. The Balaban J connectivity index is 1.40. The van der Waals surface area contributed by atoms with Gasteiger partial charge < -0.3 is 53.6 Å². The van der Waals surface area contributed by atoms with Gasteiger partial charge in [-0.3, -0.25) is 33.8 Å². The minimum absolute atomic E-state index is 0.0324. The first kappa shape index (κ1) is 43.2. The number of carboxylic acid groups (broad SMARTS) is 1. The summed E-state index contributed by atoms with van der Waals surface area (Å²) in [4.78, 5) is 113. The number of aliphatic carboxylic acids is 1. The number of phenolic OH excluding ortho intramolecular Hbond substituents is 1. The lowest BCUT2D eigenvalue weighted by molar-refractivity contribution is -0.139. The number of primary amides is 1. The third-order valence-electron chi connectivity index (χ3n) is 8.99. The molecule has 12 N–H and O–H groups in total. The van der Waals surface area contributed by atoms with Crippen molar-refractivity contribution in [1.29, 1.82) is 0 Å². The number of aromatic nitrogens is 1. The molecule has 0 aliphatic carbocycles. The Morgan fingerprint density at radius 1 is 1.07 bits per heavy atom. The monoisotopic (exact) mass is 811 g/mol. The van der Waals surface area contributed by atoms with E-state index in [1.165, 1.54) is 35.4 Å². The summed E-state index contributed by atoms with van der Waals surface area (Å²) < 4.78 is 0. The maximum absolute atomic E-state index is 14.0. The fourth-order valence-corrected chi connectivity index (χ4v) is 7.14. The molecule has 2 aromatic rings. The normalized spacial score (nSPS) is 17.7. The lowest BCUT2D eigenvalue weighted by Crippen LogP contribution is -2.51. The van der Waals surface area contributed by atoms with Gasteiger partial charge in [-0.05, 0) is 56.7 Å². The number of carboxylic acids is 1. The molecule has 0 radical (unpaired) electrons. The minimum Gasteiger partial charge on any atom is -0.508 e. The number of amides is 8. The van der Waals surface area contributed by atoms with Gasteiger partial charge in [-0.25, -0.2) is 19.5 Å². The summed E-state index contributed by atoms with van der Waals surface area (Å²) in [5.41, 5.74) is 16.2. The Bertz CT molecular complexity index is 1930. The summed E-state index contributed by atoms with van der Waals surface area (Å²) in [6, 6.07) is 1.18. The highest BCUT2D eigenvalue weighted by atomic mass is 32.1. The van der Waals surface area contributed by atoms with Crippen molar-refractivity contribution in [3.05, 3.63) is 57.7 Å². The van der Waals surface area contributed by atoms with Gasteiger partial charge in [0.2, 0.25) is 17.7 Å². The Kier molecular flexibility index (Phi) is 15.0. The number of thiazole rings is 1. The molecule has 1 aromatic heterocycles. The van der Waals surface area contributed by atoms with Gasteiger partial charge in [-0.2, -0.15) is 0 Å². The zero-order chi connectivity index (χ0) is 41.8. The number of benzene rings is 1. The number of phenols is 1. The average molecular weight is 812 g/mol. The van der Waals surface area contributed by atoms with Crippen LogP contribution >= 0.6 is 11.3 Å². The molecule has 2 fully saturated rings. The van der Waals surface area contributed by atoms with E-state index in [1.54, 1.807) is 12.1 Å². The largest absolute Gasteiger partial charge is 0.508 e. The Morgan fingerprint density at radius 2 is 1.79 bits per heavy atom. The van der Waals surface area contributed by atoms with Crippen LogP contribution in [-0.4, -0.2) is 116 Å². The van der Waals surface area contributed by atoms with E-state index in [0.29, 0.717) is 34.9 Å². The van der Waals surface area contributed by atoms with E-state index in [0.717, 1.165) is 11.3 Å². The molecule has 22 heteroatoms. The summed E-state index contributed by atoms with van der Waals surface area (Å²) in [6.45, 7) is 1.26. The van der Waals surface area contributed by atoms with E-state index < -0.39 is 78.2 Å². The summed E-state index contributed by atoms with van der Waals surface area (Å²) >= 11 is 1.09. The number of urea groups is 1. The standard InChI is InChI=1S/C35H45N11O10S/c1-2-24(46-32(53)22(44-35(46)56)15-18-7-9-19(47)10-8-18)29(51)40-16-27(49)41-20(5-3-13-39-34(37)38)31(52)45-14-4-6-25(45)30-43-23(17-57-30)28(50)42-21(33(54)55)11-12-26(36)48/h2,7-10,17,20-22,25,47H,3-6,11-16H2,1H3,(H2,36,48)(H,40,51)(H,41,49)(H,42,50)(H,44,56)(H,54,55)(H4,37,38,39)/b24-2-/t20-,21-,22-,25-/m0/s1. The lowest BCUT2D eigenvalue weighted by Gasteiger charge is -2.28. The van der Waals surface area contributed by atoms with E-state index in [1.807, 2.05) is 0 Å². The molecule has 4 rings (SSSR count). The summed E-state index contributed by atoms with van der Waals surface area (Å²) in [5, 5.41) is 30.7. The van der Waals surface area contributed by atoms with Gasteiger partial charge in [0.1, 0.15) is 40.3 Å². The third-order valence-corrected chi connectivity index (χ3v) is 9.93. The third kappa shape index (κ3) is 11.7. The van der Waals surface area contributed by atoms with E-state index in [2.05, 4.69) is 31.2 Å². The van der Waals surface area contributed by atoms with Crippen LogP contribution in [0.2, 0.25) is 0 Å². The molecule has 2 saturated heterocycles. The minimum atomic E-state index is -1.38. The second-order valence-corrected chi connectivity index (χ2v) is 14.0. The number of carbonyl (C=O) groups is 8. The Hall–Kier alpha value is -6.58. The summed E-state index contributed by atoms with van der Waals surface area (Å²) in [7, 11) is 0. The number of rotatable bonds is 19. The predicted molar refractivity (Wildman–Crippen MR) is 203 cm³/mol. The van der Waals surface area contributed by atoms with Crippen molar-refractivity contribution in [3.63, 3.8) is 0 Å². The first-order valence-corrected chi connectivity index (χ1v) is 18.8. The number of aromatic hydroxyl groups is 1. The molecule has 306 valence electrons. The van der Waals surface area contributed by atoms with Crippen molar-refractivity contribution < 1.29 is 48.6 Å². The fraction of sp³-hybridized carbons (Fsp3) is 0.429. The van der Waals surface area contributed by atoms with Crippen molar-refractivity contribution in [1.82, 2.24) is 36.1 Å². The second-order valence-electron chi connectivity index (χ2n) is 13.1. The number of likely N-dealkylation sites (tertiary alicyclic amines) is 1. The van der Waals surface area contributed by atoms with Crippen LogP contribution in [-0.2, 0) is 35.2 Å². The number of carbonyl (C=O) groups excluding carboxylic acids is 7. The van der Waals surface area contributed by atoms with Crippen LogP contribution in [0.25, 0.3) is 0 Å². The first-order chi connectivity index (χ1) is 27.1. The fourth-order valence-electron chi connectivity index (χ4n) is 6.19. The molecule has 21 nitrogen and oxygen atoms in total. The van der Waals surface area contributed by atoms with Crippen molar-refractivity contribution in [2.75, 3.05) is 19.6 Å². The zero-order valence-electron chi connectivity index (χ0n) is 30.9. The molecule has 0 unspecified atom stereocenters. The number of aliphatic imine (C=N–C) groups is 1. The van der Waals surface area contributed by atoms with Gasteiger partial charge in [0.15, 0.2) is 5.96 Å². The molecular weight excluding hydrogens is 767 g/mol. The van der Waals surface area contributed by atoms with E-state index >= 15 is 0 Å². The van der Waals surface area contributed by atoms with Gasteiger partial charge in [0.25, 0.3) is 17.7 Å². The molecule has 8 amide bonds. The van der Waals surface area contributed by atoms with E-state index in [-0.39, 0.29) is 61.7 Å². The molecule has 4 atom stereocenters. The number of allylic oxidation sites excluding steroid dienone is 1. The number of hydrogen-bond donors (Lipinski definition) is 9. The predicted octanol–water partition coefficient (Wildman–Crippen LogP) is -1.32. The van der Waals surface area contributed by atoms with Crippen LogP contribution in [0.4, 0.5) is 4.79 Å². The van der Waals surface area contributed by atoms with Crippen LogP contribution in [0, 0.1) is 0 Å². The number of guanidine groups is 1. The second kappa shape index (κ2) is 19.8. The highest BCUT2D eigenvalue weighted by Gasteiger charge is 2.42. The van der Waals surface area contributed by atoms with Crippen LogP contribution in [0.15, 0.2) is 46.4 Å². The zero-order valence-corrected chi connectivity index (χ0v) is 31.8. The van der Waals surface area contributed by atoms with Gasteiger partial charge in [-0.15, -0.1) is 11.3 Å². The topological polar surface area (TPSA) is 335 Å². The van der Waals surface area contributed by atoms with Gasteiger partial charge in [0.05, 0.1) is 12.6 Å². The number of nitrogens with one attached hydrogen (secondary N) is 4. The van der Waals surface area contributed by atoms with E-state index in [9.17, 15) is 48.6 Å². The van der Waals surface area contributed by atoms with Crippen molar-refractivity contribution in [2.24, 2.45) is 22.2 Å². The number of imide groups is 1. The van der Waals surface area contributed by atoms with Crippen LogP contribution in [0.3, 0.4) is 0 Å². The number of nitrogens with two attached hydrogens (primary N) is 3. The quantitative estimate of drug-likeness (QED) is 0.0262. The first-order valence-electron chi connectivity index (χ1n) is 17.9. The number of hydrogen-bond acceptors (Lipinski definition) is 12. The SMILES string of the molecule is C/C=C(/C(=O)NCC(=O)N[C@@H](CCCN=C(N)N)C(=O)N1CCC[C@H]1c1nc(C(=O)N[C@@H](CCC(N)=O)C(=O)O)cs1)N1C(=O)N[C@@H](Cc2ccc(O)cc2)C1=O. The Morgan fingerprint density at radius 3 is 2.44 bits per heavy atom. The molecule has 2 aliphatic heterocycles. The molecular formula is C35H45N11O10S. The van der Waals surface area contributed by atoms with Gasteiger partial charge in [0, 0.05) is 31.3 Å². The van der Waals surface area contributed by atoms with Crippen LogP contribution in [0.5, 0.6) is 5.75 Å². The smallest absolute Gasteiger partial charge is 0.329 e. The maximum Gasteiger partial charge on any atom is 0.329 e. The van der Waals surface area contributed by atoms with E-state index in [4.69, 9.17) is 17.2 Å². The molecule has 3 heterocycles. The maximum atomic E-state index is 14.0. The number of nitrogens with zero attached hydrogens (tertiary/aromatic N) is 4. The highest BCUT2D eigenvalue weighted by molar-refractivity contribution is 7.09. The molecule has 0 saturated carbocycles. The van der Waals surface area contributed by atoms with Crippen LogP contribution < -0.4 is 38.5 Å². The average Bonchev–Trinajstić information content (AvgIpc) is 3.91. The molecule has 57 heavy (non-hydrogen) atoms. The van der Waals surface area contributed by atoms with Crippen molar-refractivity contribution in [3.8, 4) is 5.75 Å². The molecule has 1 aromatic carbocycles. The summed E-state index contributed by atoms with van der Waals surface area (Å²) in [6.07, 6.45) is 2.30. The Labute approximate surface area is 330 Å². The van der Waals surface area contributed by atoms with Crippen LogP contribution in [0.1, 0.15) is 72.6 Å². The van der Waals surface area contributed by atoms with Crippen molar-refractivity contribution in [2.45, 2.75) is 76.0 Å². The van der Waals surface area contributed by atoms with Crippen molar-refractivity contribution >= 4 is 64.7 Å². The molecule has 2 aliphatic rings. The summed E-state index contributed by atoms with van der Waals surface area (Å²) in [5.74, 6) is -5.82.